The predicted octanol–water partition coefficient (Wildman–Crippen LogP) is 1.08. The third kappa shape index (κ3) is 3.55. The Bertz CT molecular complexity index is 341. The average Bonchev–Trinajstić information content (AvgIpc) is 2.60. The molecule has 1 aliphatic rings. The third-order valence-electron chi connectivity index (χ3n) is 3.30. The van der Waals surface area contributed by atoms with E-state index in [9.17, 15) is 14.4 Å². The fraction of sp³-hybridized carbons (Fsp3) is 0.769. The van der Waals surface area contributed by atoms with Gasteiger partial charge in [0.2, 0.25) is 17.7 Å². The van der Waals surface area contributed by atoms with Gasteiger partial charge < -0.3 is 4.90 Å². The number of rotatable bonds is 5. The Morgan fingerprint density at radius 1 is 1.44 bits per heavy atom. The number of carbonyl (C=O) groups is 3. The molecule has 5 nitrogen and oxygen atoms in total. The number of hydrogen-bond acceptors (Lipinski definition) is 3. The van der Waals surface area contributed by atoms with Gasteiger partial charge in [-0.25, -0.2) is 0 Å². The molecular formula is C13H22N2O3. The van der Waals surface area contributed by atoms with E-state index in [1.165, 1.54) is 6.92 Å². The molecule has 1 fully saturated rings. The van der Waals surface area contributed by atoms with Crippen molar-refractivity contribution in [2.45, 2.75) is 52.5 Å². The van der Waals surface area contributed by atoms with Crippen molar-refractivity contribution >= 4 is 17.7 Å². The van der Waals surface area contributed by atoms with Gasteiger partial charge in [-0.05, 0) is 18.8 Å². The molecule has 0 spiro atoms. The summed E-state index contributed by atoms with van der Waals surface area (Å²) < 4.78 is 0. The van der Waals surface area contributed by atoms with Crippen molar-refractivity contribution in [2.75, 3.05) is 6.54 Å². The maximum absolute atomic E-state index is 11.9. The number of nitrogens with one attached hydrogen (secondary N) is 1. The van der Waals surface area contributed by atoms with Gasteiger partial charge in [0.05, 0.1) is 0 Å². The molecule has 0 bridgehead atoms. The Morgan fingerprint density at radius 3 is 2.61 bits per heavy atom. The summed E-state index contributed by atoms with van der Waals surface area (Å²) in [7, 11) is 0. The molecule has 0 aliphatic carbocycles. The second kappa shape index (κ2) is 6.52. The van der Waals surface area contributed by atoms with Gasteiger partial charge in [0.15, 0.2) is 0 Å². The summed E-state index contributed by atoms with van der Waals surface area (Å²) >= 11 is 0. The molecule has 1 rings (SSSR count). The Balaban J connectivity index is 2.68. The van der Waals surface area contributed by atoms with Crippen LogP contribution in [0.1, 0.15) is 46.5 Å². The molecule has 102 valence electrons. The van der Waals surface area contributed by atoms with Crippen molar-refractivity contribution < 1.29 is 14.4 Å². The Hall–Kier alpha value is -1.39. The zero-order valence-corrected chi connectivity index (χ0v) is 11.4. The Kier molecular flexibility index (Phi) is 5.31. The number of carbonyl (C=O) groups excluding carboxylic acids is 3. The monoisotopic (exact) mass is 254 g/mol. The van der Waals surface area contributed by atoms with Gasteiger partial charge in [-0.1, -0.05) is 20.3 Å². The van der Waals surface area contributed by atoms with Crippen LogP contribution < -0.4 is 5.32 Å². The van der Waals surface area contributed by atoms with Gasteiger partial charge in [0, 0.05) is 19.9 Å². The van der Waals surface area contributed by atoms with Gasteiger partial charge in [-0.2, -0.15) is 0 Å². The van der Waals surface area contributed by atoms with Crippen LogP contribution in [-0.2, 0) is 14.4 Å². The summed E-state index contributed by atoms with van der Waals surface area (Å²) in [4.78, 5) is 36.3. The lowest BCUT2D eigenvalue weighted by atomic mass is 10.0. The van der Waals surface area contributed by atoms with E-state index in [1.54, 1.807) is 4.90 Å². The van der Waals surface area contributed by atoms with Crippen molar-refractivity contribution in [3.8, 4) is 0 Å². The fourth-order valence-electron chi connectivity index (χ4n) is 2.52. The topological polar surface area (TPSA) is 66.5 Å². The standard InChI is InChI=1S/C13H22N2O3/c1-4-6-10-7-12(17)15(8-10)11(5-2)13(18)14-9(3)16/h10-11H,4-8H2,1-3H3,(H,14,16,18)/t10-,11?/m1/s1. The SMILES string of the molecule is CCC[C@@H]1CC(=O)N(C(CC)C(=O)NC(C)=O)C1. The zero-order chi connectivity index (χ0) is 13.7. The summed E-state index contributed by atoms with van der Waals surface area (Å²) in [5.74, 6) is -0.369. The molecule has 1 saturated heterocycles. The smallest absolute Gasteiger partial charge is 0.249 e. The molecule has 1 heterocycles. The van der Waals surface area contributed by atoms with E-state index in [0.717, 1.165) is 12.8 Å². The van der Waals surface area contributed by atoms with Crippen LogP contribution in [-0.4, -0.2) is 35.2 Å². The van der Waals surface area contributed by atoms with Crippen LogP contribution in [0.2, 0.25) is 0 Å². The minimum absolute atomic E-state index is 0.0269. The molecule has 2 atom stereocenters. The highest BCUT2D eigenvalue weighted by atomic mass is 16.2. The van der Waals surface area contributed by atoms with E-state index in [-0.39, 0.29) is 17.7 Å². The first-order valence-electron chi connectivity index (χ1n) is 6.60. The first kappa shape index (κ1) is 14.7. The fourth-order valence-corrected chi connectivity index (χ4v) is 2.52. The van der Waals surface area contributed by atoms with Gasteiger partial charge in [-0.15, -0.1) is 0 Å². The van der Waals surface area contributed by atoms with E-state index in [2.05, 4.69) is 12.2 Å². The number of nitrogens with zero attached hydrogens (tertiary/aromatic N) is 1. The lowest BCUT2D eigenvalue weighted by Gasteiger charge is -2.25. The van der Waals surface area contributed by atoms with Gasteiger partial charge in [0.25, 0.3) is 0 Å². The third-order valence-corrected chi connectivity index (χ3v) is 3.30. The van der Waals surface area contributed by atoms with E-state index in [4.69, 9.17) is 0 Å². The summed E-state index contributed by atoms with van der Waals surface area (Å²) in [6.45, 7) is 5.88. The van der Waals surface area contributed by atoms with Gasteiger partial charge in [0.1, 0.15) is 6.04 Å². The maximum atomic E-state index is 11.9. The molecule has 0 radical (unpaired) electrons. The number of amides is 3. The van der Waals surface area contributed by atoms with Gasteiger partial charge in [-0.3, -0.25) is 19.7 Å². The molecular weight excluding hydrogens is 232 g/mol. The van der Waals surface area contributed by atoms with Crippen molar-refractivity contribution in [1.82, 2.24) is 10.2 Å². The summed E-state index contributed by atoms with van der Waals surface area (Å²) in [6.07, 6.45) is 3.11. The highest BCUT2D eigenvalue weighted by Gasteiger charge is 2.36. The lowest BCUT2D eigenvalue weighted by Crippen LogP contribution is -2.48. The molecule has 3 amide bonds. The first-order valence-corrected chi connectivity index (χ1v) is 6.60. The number of likely N-dealkylation sites (tertiary alicyclic amines) is 1. The number of imide groups is 1. The molecule has 0 saturated carbocycles. The van der Waals surface area contributed by atoms with E-state index < -0.39 is 6.04 Å². The molecule has 5 heteroatoms. The Labute approximate surface area is 108 Å². The van der Waals surface area contributed by atoms with E-state index in [0.29, 0.717) is 25.3 Å². The summed E-state index contributed by atoms with van der Waals surface area (Å²) in [6, 6.07) is -0.511. The number of hydrogen-bond donors (Lipinski definition) is 1. The van der Waals surface area contributed by atoms with Crippen LogP contribution in [0.4, 0.5) is 0 Å². The summed E-state index contributed by atoms with van der Waals surface area (Å²) in [5.41, 5.74) is 0. The highest BCUT2D eigenvalue weighted by Crippen LogP contribution is 2.25. The molecule has 1 N–H and O–H groups in total. The summed E-state index contributed by atoms with van der Waals surface area (Å²) in [5, 5.41) is 2.27. The normalized spacial score (nSPS) is 20.9. The molecule has 0 aromatic rings. The largest absolute Gasteiger partial charge is 0.330 e. The molecule has 0 aromatic carbocycles. The average molecular weight is 254 g/mol. The van der Waals surface area contributed by atoms with Crippen molar-refractivity contribution in [1.29, 1.82) is 0 Å². The van der Waals surface area contributed by atoms with Crippen LogP contribution >= 0.6 is 0 Å². The van der Waals surface area contributed by atoms with Gasteiger partial charge >= 0.3 is 0 Å². The molecule has 1 aliphatic heterocycles. The van der Waals surface area contributed by atoms with E-state index in [1.807, 2.05) is 6.92 Å². The van der Waals surface area contributed by atoms with Crippen LogP contribution in [0, 0.1) is 5.92 Å². The maximum Gasteiger partial charge on any atom is 0.249 e. The molecule has 0 aromatic heterocycles. The minimum atomic E-state index is -0.511. The van der Waals surface area contributed by atoms with Crippen LogP contribution in [0.5, 0.6) is 0 Å². The van der Waals surface area contributed by atoms with Crippen LogP contribution in [0.15, 0.2) is 0 Å². The predicted molar refractivity (Wildman–Crippen MR) is 67.6 cm³/mol. The lowest BCUT2D eigenvalue weighted by molar-refractivity contribution is -0.140. The second-order valence-electron chi connectivity index (χ2n) is 4.87. The van der Waals surface area contributed by atoms with E-state index >= 15 is 0 Å². The van der Waals surface area contributed by atoms with Crippen molar-refractivity contribution in [3.05, 3.63) is 0 Å². The molecule has 1 unspecified atom stereocenters. The first-order chi connectivity index (χ1) is 8.49. The van der Waals surface area contributed by atoms with Crippen LogP contribution in [0.25, 0.3) is 0 Å². The Morgan fingerprint density at radius 2 is 2.11 bits per heavy atom. The highest BCUT2D eigenvalue weighted by molar-refractivity contribution is 5.98. The quantitative estimate of drug-likeness (QED) is 0.798. The zero-order valence-electron chi connectivity index (χ0n) is 11.4. The minimum Gasteiger partial charge on any atom is -0.330 e. The van der Waals surface area contributed by atoms with Crippen molar-refractivity contribution in [2.24, 2.45) is 5.92 Å². The van der Waals surface area contributed by atoms with Crippen LogP contribution in [0.3, 0.4) is 0 Å². The molecule has 18 heavy (non-hydrogen) atoms. The second-order valence-corrected chi connectivity index (χ2v) is 4.87. The van der Waals surface area contributed by atoms with Crippen molar-refractivity contribution in [3.63, 3.8) is 0 Å².